The summed E-state index contributed by atoms with van der Waals surface area (Å²) in [7, 11) is -3.65. The van der Waals surface area contributed by atoms with Crippen LogP contribution in [0.3, 0.4) is 0 Å². The molecule has 0 atom stereocenters. The summed E-state index contributed by atoms with van der Waals surface area (Å²) in [6.45, 7) is 0. The lowest BCUT2D eigenvalue weighted by Gasteiger charge is -2.09. The molecule has 2 aromatic rings. The summed E-state index contributed by atoms with van der Waals surface area (Å²) >= 11 is 0. The number of nitrogens with one attached hydrogen (secondary N) is 2. The van der Waals surface area contributed by atoms with Crippen LogP contribution in [0.1, 0.15) is 33.6 Å². The van der Waals surface area contributed by atoms with E-state index in [-0.39, 0.29) is 22.1 Å². The molecule has 0 radical (unpaired) electrons. The van der Waals surface area contributed by atoms with Crippen LogP contribution in [0.25, 0.3) is 0 Å². The fraction of sp³-hybridized carbons (Fsp3) is 0.176. The molecule has 8 heteroatoms. The third kappa shape index (κ3) is 4.23. The van der Waals surface area contributed by atoms with Gasteiger partial charge in [0.05, 0.1) is 10.5 Å². The summed E-state index contributed by atoms with van der Waals surface area (Å²) in [6.07, 6.45) is 1.64. The fourth-order valence-corrected chi connectivity index (χ4v) is 3.58. The van der Waals surface area contributed by atoms with Crippen molar-refractivity contribution < 1.29 is 23.1 Å². The predicted octanol–water partition coefficient (Wildman–Crippen LogP) is 2.08. The van der Waals surface area contributed by atoms with Gasteiger partial charge in [0, 0.05) is 17.3 Å². The molecule has 0 spiro atoms. The largest absolute Gasteiger partial charge is 0.478 e. The molecule has 3 rings (SSSR count). The highest BCUT2D eigenvalue weighted by atomic mass is 32.2. The van der Waals surface area contributed by atoms with Crippen molar-refractivity contribution in [3.63, 3.8) is 0 Å². The maximum absolute atomic E-state index is 12.3. The summed E-state index contributed by atoms with van der Waals surface area (Å²) in [5.74, 6) is -1.62. The maximum Gasteiger partial charge on any atom is 0.335 e. The zero-order valence-corrected chi connectivity index (χ0v) is 13.9. The minimum absolute atomic E-state index is 0.0198. The van der Waals surface area contributed by atoms with Crippen molar-refractivity contribution in [1.82, 2.24) is 4.72 Å². The lowest BCUT2D eigenvalue weighted by Crippen LogP contribution is -2.26. The highest BCUT2D eigenvalue weighted by Crippen LogP contribution is 2.22. The molecular weight excluding hydrogens is 344 g/mol. The molecule has 1 saturated carbocycles. The van der Waals surface area contributed by atoms with Gasteiger partial charge in [-0.25, -0.2) is 17.9 Å². The molecule has 1 aliphatic rings. The van der Waals surface area contributed by atoms with Gasteiger partial charge in [0.15, 0.2) is 0 Å². The smallest absolute Gasteiger partial charge is 0.335 e. The van der Waals surface area contributed by atoms with E-state index in [4.69, 9.17) is 5.11 Å². The first-order chi connectivity index (χ1) is 11.8. The molecule has 130 valence electrons. The van der Waals surface area contributed by atoms with E-state index in [1.165, 1.54) is 42.5 Å². The second-order valence-corrected chi connectivity index (χ2v) is 7.48. The average Bonchev–Trinajstić information content (AvgIpc) is 3.38. The van der Waals surface area contributed by atoms with Crippen LogP contribution in [0.5, 0.6) is 0 Å². The molecule has 1 fully saturated rings. The number of anilines is 1. The minimum atomic E-state index is -3.65. The quantitative estimate of drug-likeness (QED) is 0.730. The van der Waals surface area contributed by atoms with Gasteiger partial charge in [-0.05, 0) is 49.2 Å². The third-order valence-corrected chi connectivity index (χ3v) is 5.19. The number of carbonyl (C=O) groups excluding carboxylic acids is 1. The van der Waals surface area contributed by atoms with Crippen LogP contribution in [0.15, 0.2) is 53.4 Å². The molecule has 0 heterocycles. The standard InChI is InChI=1S/C17H16N2O5S/c20-16(18-14-5-1-4-12(9-14)17(21)22)11-3-2-6-15(10-11)25(23,24)19-13-7-8-13/h1-6,9-10,13,19H,7-8H2,(H,18,20)(H,21,22). The summed E-state index contributed by atoms with van der Waals surface area (Å²) in [5, 5.41) is 11.5. The zero-order chi connectivity index (χ0) is 18.0. The van der Waals surface area contributed by atoms with Gasteiger partial charge in [0.25, 0.3) is 5.91 Å². The van der Waals surface area contributed by atoms with Crippen molar-refractivity contribution in [3.8, 4) is 0 Å². The number of carboxylic acids is 1. The molecule has 0 saturated heterocycles. The van der Waals surface area contributed by atoms with Crippen LogP contribution in [-0.2, 0) is 10.0 Å². The van der Waals surface area contributed by atoms with Crippen molar-refractivity contribution in [3.05, 3.63) is 59.7 Å². The Kier molecular flexibility index (Phi) is 4.56. The summed E-state index contributed by atoms with van der Waals surface area (Å²) in [5.41, 5.74) is 0.524. The van der Waals surface area contributed by atoms with E-state index >= 15 is 0 Å². The Morgan fingerprint density at radius 1 is 1.00 bits per heavy atom. The molecule has 1 aliphatic carbocycles. The van der Waals surface area contributed by atoms with E-state index < -0.39 is 21.9 Å². The second-order valence-electron chi connectivity index (χ2n) is 5.76. The van der Waals surface area contributed by atoms with Gasteiger partial charge < -0.3 is 10.4 Å². The Morgan fingerprint density at radius 3 is 2.36 bits per heavy atom. The van der Waals surface area contributed by atoms with Crippen molar-refractivity contribution in [2.45, 2.75) is 23.8 Å². The van der Waals surface area contributed by atoms with E-state index in [9.17, 15) is 18.0 Å². The van der Waals surface area contributed by atoms with E-state index in [0.29, 0.717) is 5.69 Å². The molecule has 7 nitrogen and oxygen atoms in total. The highest BCUT2D eigenvalue weighted by molar-refractivity contribution is 7.89. The van der Waals surface area contributed by atoms with Crippen LogP contribution >= 0.6 is 0 Å². The Labute approximate surface area is 144 Å². The fourth-order valence-electron chi connectivity index (χ4n) is 2.23. The number of rotatable bonds is 6. The second kappa shape index (κ2) is 6.66. The monoisotopic (exact) mass is 360 g/mol. The van der Waals surface area contributed by atoms with Gasteiger partial charge in [0.1, 0.15) is 0 Å². The molecule has 3 N–H and O–H groups in total. The van der Waals surface area contributed by atoms with Crippen LogP contribution in [0.2, 0.25) is 0 Å². The van der Waals surface area contributed by atoms with Gasteiger partial charge >= 0.3 is 5.97 Å². The number of sulfonamides is 1. The number of carbonyl (C=O) groups is 2. The molecule has 0 unspecified atom stereocenters. The van der Waals surface area contributed by atoms with Crippen LogP contribution in [0, 0.1) is 0 Å². The molecule has 25 heavy (non-hydrogen) atoms. The number of carboxylic acid groups (broad SMARTS) is 1. The normalized spacial score (nSPS) is 14.1. The van der Waals surface area contributed by atoms with E-state index in [1.807, 2.05) is 0 Å². The first-order valence-electron chi connectivity index (χ1n) is 7.62. The number of benzene rings is 2. The minimum Gasteiger partial charge on any atom is -0.478 e. The zero-order valence-electron chi connectivity index (χ0n) is 13.1. The Hall–Kier alpha value is -2.71. The SMILES string of the molecule is O=C(O)c1cccc(NC(=O)c2cccc(S(=O)(=O)NC3CC3)c2)c1. The number of aromatic carboxylic acids is 1. The van der Waals surface area contributed by atoms with E-state index in [2.05, 4.69) is 10.0 Å². The Balaban J connectivity index is 1.79. The van der Waals surface area contributed by atoms with Gasteiger partial charge in [-0.3, -0.25) is 4.79 Å². The maximum atomic E-state index is 12.3. The average molecular weight is 360 g/mol. The first-order valence-corrected chi connectivity index (χ1v) is 9.10. The number of amides is 1. The van der Waals surface area contributed by atoms with Crippen LogP contribution < -0.4 is 10.0 Å². The molecule has 1 amide bonds. The topological polar surface area (TPSA) is 113 Å². The molecule has 0 aliphatic heterocycles. The van der Waals surface area contributed by atoms with Crippen molar-refractivity contribution in [2.24, 2.45) is 0 Å². The molecular formula is C17H16N2O5S. The van der Waals surface area contributed by atoms with Crippen LogP contribution in [-0.4, -0.2) is 31.4 Å². The first kappa shape index (κ1) is 17.1. The van der Waals surface area contributed by atoms with Gasteiger partial charge in [-0.1, -0.05) is 12.1 Å². The summed E-state index contributed by atoms with van der Waals surface area (Å²) in [4.78, 5) is 23.3. The van der Waals surface area contributed by atoms with Crippen molar-refractivity contribution >= 4 is 27.6 Å². The van der Waals surface area contributed by atoms with Crippen molar-refractivity contribution in [2.75, 3.05) is 5.32 Å². The third-order valence-electron chi connectivity index (χ3n) is 3.67. The summed E-state index contributed by atoms with van der Waals surface area (Å²) < 4.78 is 27.0. The number of hydrogen-bond donors (Lipinski definition) is 3. The van der Waals surface area contributed by atoms with Crippen molar-refractivity contribution in [1.29, 1.82) is 0 Å². The lowest BCUT2D eigenvalue weighted by atomic mass is 10.2. The van der Waals surface area contributed by atoms with Gasteiger partial charge in [0.2, 0.25) is 10.0 Å². The van der Waals surface area contributed by atoms with Crippen LogP contribution in [0.4, 0.5) is 5.69 Å². The summed E-state index contributed by atoms with van der Waals surface area (Å²) in [6, 6.07) is 11.5. The Bertz CT molecular complexity index is 936. The predicted molar refractivity (Wildman–Crippen MR) is 91.1 cm³/mol. The highest BCUT2D eigenvalue weighted by Gasteiger charge is 2.28. The molecule has 2 aromatic carbocycles. The van der Waals surface area contributed by atoms with Gasteiger partial charge in [-0.15, -0.1) is 0 Å². The lowest BCUT2D eigenvalue weighted by molar-refractivity contribution is 0.0696. The van der Waals surface area contributed by atoms with Gasteiger partial charge in [-0.2, -0.15) is 0 Å². The number of hydrogen-bond acceptors (Lipinski definition) is 4. The van der Waals surface area contributed by atoms with E-state index in [1.54, 1.807) is 6.07 Å². The Morgan fingerprint density at radius 2 is 1.68 bits per heavy atom. The molecule has 0 aromatic heterocycles. The van der Waals surface area contributed by atoms with E-state index in [0.717, 1.165) is 12.8 Å². The molecule has 0 bridgehead atoms.